The third kappa shape index (κ3) is 3.89. The van der Waals surface area contributed by atoms with Crippen LogP contribution in [-0.4, -0.2) is 20.5 Å². The monoisotopic (exact) mass is 322 g/mol. The largest absolute Gasteiger partial charge is 0.480 e. The molecular weight excluding hydrogens is 311 g/mol. The molecule has 1 N–H and O–H groups in total. The fraction of sp³-hybridized carbons (Fsp3) is 0.364. The van der Waals surface area contributed by atoms with Gasteiger partial charge in [0.2, 0.25) is 0 Å². The van der Waals surface area contributed by atoms with Crippen molar-refractivity contribution in [2.24, 2.45) is 0 Å². The van der Waals surface area contributed by atoms with E-state index in [2.05, 4.69) is 15.9 Å². The van der Waals surface area contributed by atoms with Crippen LogP contribution in [-0.2, 0) is 21.3 Å². The number of halogens is 2. The molecule has 2 atom stereocenters. The highest BCUT2D eigenvalue weighted by Crippen LogP contribution is 2.18. The molecule has 0 bridgehead atoms. The number of carboxylic acids is 1. The molecule has 1 aromatic carbocycles. The van der Waals surface area contributed by atoms with Crippen LogP contribution in [0.15, 0.2) is 22.7 Å². The van der Waals surface area contributed by atoms with E-state index in [1.165, 1.54) is 18.2 Å². The first kappa shape index (κ1) is 14.3. The molecular formula is C11H12BrFO3S. The van der Waals surface area contributed by atoms with Crippen molar-refractivity contribution in [3.63, 3.8) is 0 Å². The van der Waals surface area contributed by atoms with E-state index in [0.29, 0.717) is 4.47 Å². The normalized spacial score (nSPS) is 14.3. The first-order valence-electron chi connectivity index (χ1n) is 4.99. The number of hydrogen-bond acceptors (Lipinski definition) is 2. The smallest absolute Gasteiger partial charge is 0.319 e. The van der Waals surface area contributed by atoms with Gasteiger partial charge < -0.3 is 5.11 Å². The Balaban J connectivity index is 2.87. The van der Waals surface area contributed by atoms with Gasteiger partial charge in [0.1, 0.15) is 11.1 Å². The van der Waals surface area contributed by atoms with Crippen LogP contribution in [0.3, 0.4) is 0 Å². The van der Waals surface area contributed by atoms with Crippen LogP contribution in [0.25, 0.3) is 0 Å². The van der Waals surface area contributed by atoms with Gasteiger partial charge in [-0.05, 0) is 24.6 Å². The summed E-state index contributed by atoms with van der Waals surface area (Å²) in [6.45, 7) is 1.65. The van der Waals surface area contributed by atoms with Crippen molar-refractivity contribution in [3.8, 4) is 0 Å². The fourth-order valence-corrected chi connectivity index (χ4v) is 3.11. The van der Waals surface area contributed by atoms with Crippen LogP contribution in [0.5, 0.6) is 0 Å². The molecule has 0 aliphatic rings. The molecule has 0 aliphatic carbocycles. The van der Waals surface area contributed by atoms with E-state index in [9.17, 15) is 13.4 Å². The van der Waals surface area contributed by atoms with Crippen LogP contribution in [0.1, 0.15) is 18.9 Å². The Morgan fingerprint density at radius 3 is 2.76 bits per heavy atom. The first-order chi connectivity index (χ1) is 7.95. The molecule has 0 saturated heterocycles. The number of carboxylic acid groups (broad SMARTS) is 1. The number of hydrogen-bond donors (Lipinski definition) is 1. The average Bonchev–Trinajstić information content (AvgIpc) is 2.24. The van der Waals surface area contributed by atoms with Crippen LogP contribution in [0.4, 0.5) is 4.39 Å². The maximum absolute atomic E-state index is 13.4. The molecule has 6 heteroatoms. The predicted octanol–water partition coefficient (Wildman–Crippen LogP) is 2.70. The second kappa shape index (κ2) is 6.26. The Hall–Kier alpha value is -0.750. The summed E-state index contributed by atoms with van der Waals surface area (Å²) < 4.78 is 25.9. The van der Waals surface area contributed by atoms with E-state index in [1.807, 2.05) is 0 Å². The van der Waals surface area contributed by atoms with Gasteiger partial charge in [-0.1, -0.05) is 22.9 Å². The Morgan fingerprint density at radius 1 is 1.59 bits per heavy atom. The number of rotatable bonds is 5. The van der Waals surface area contributed by atoms with Gasteiger partial charge in [0.15, 0.2) is 0 Å². The molecule has 17 heavy (non-hydrogen) atoms. The third-order valence-corrected chi connectivity index (χ3v) is 4.53. The van der Waals surface area contributed by atoms with E-state index in [-0.39, 0.29) is 17.7 Å². The van der Waals surface area contributed by atoms with Gasteiger partial charge in [-0.2, -0.15) is 0 Å². The minimum atomic E-state index is -1.62. The number of benzene rings is 1. The summed E-state index contributed by atoms with van der Waals surface area (Å²) in [5, 5.41) is 7.90. The molecule has 0 aromatic heterocycles. The zero-order valence-corrected chi connectivity index (χ0v) is 11.6. The molecule has 0 heterocycles. The van der Waals surface area contributed by atoms with Gasteiger partial charge in [0, 0.05) is 20.8 Å². The fourth-order valence-electron chi connectivity index (χ4n) is 1.38. The van der Waals surface area contributed by atoms with Crippen LogP contribution < -0.4 is 0 Å². The molecule has 1 rings (SSSR count). The van der Waals surface area contributed by atoms with Gasteiger partial charge in [-0.25, -0.2) is 4.39 Å². The topological polar surface area (TPSA) is 54.4 Å². The highest BCUT2D eigenvalue weighted by molar-refractivity contribution is 9.10. The summed E-state index contributed by atoms with van der Waals surface area (Å²) in [7, 11) is -1.62. The zero-order valence-electron chi connectivity index (χ0n) is 9.15. The molecule has 2 unspecified atom stereocenters. The number of aliphatic carboxylic acids is 1. The van der Waals surface area contributed by atoms with Crippen molar-refractivity contribution < 1.29 is 18.5 Å². The summed E-state index contributed by atoms with van der Waals surface area (Å²) in [4.78, 5) is 10.8. The van der Waals surface area contributed by atoms with Crippen molar-refractivity contribution in [2.45, 2.75) is 24.3 Å². The highest BCUT2D eigenvalue weighted by Gasteiger charge is 2.23. The SMILES string of the molecule is CCC(C(=O)O)S(=O)Cc1cc(Br)ccc1F. The molecule has 0 saturated carbocycles. The van der Waals surface area contributed by atoms with Crippen LogP contribution >= 0.6 is 15.9 Å². The maximum Gasteiger partial charge on any atom is 0.319 e. The van der Waals surface area contributed by atoms with Crippen molar-refractivity contribution in [1.82, 2.24) is 0 Å². The second-order valence-corrected chi connectivity index (χ2v) is 6.03. The van der Waals surface area contributed by atoms with Crippen molar-refractivity contribution in [3.05, 3.63) is 34.1 Å². The molecule has 0 aliphatic heterocycles. The van der Waals surface area contributed by atoms with E-state index in [0.717, 1.165) is 0 Å². The maximum atomic E-state index is 13.4. The average molecular weight is 323 g/mol. The molecule has 1 aromatic rings. The lowest BCUT2D eigenvalue weighted by Gasteiger charge is -2.10. The first-order valence-corrected chi connectivity index (χ1v) is 7.17. The minimum Gasteiger partial charge on any atom is -0.480 e. The third-order valence-electron chi connectivity index (χ3n) is 2.27. The standard InChI is InChI=1S/C11H12BrFO3S/c1-2-10(11(14)15)17(16)6-7-5-8(12)3-4-9(7)13/h3-5,10H,2,6H2,1H3,(H,14,15). The van der Waals surface area contributed by atoms with Crippen molar-refractivity contribution in [1.29, 1.82) is 0 Å². The van der Waals surface area contributed by atoms with Gasteiger partial charge in [-0.15, -0.1) is 0 Å². The van der Waals surface area contributed by atoms with Gasteiger partial charge >= 0.3 is 5.97 Å². The van der Waals surface area contributed by atoms with Crippen molar-refractivity contribution >= 4 is 32.7 Å². The summed E-state index contributed by atoms with van der Waals surface area (Å²) in [6, 6.07) is 4.32. The minimum absolute atomic E-state index is 0.0872. The molecule has 94 valence electrons. The summed E-state index contributed by atoms with van der Waals surface area (Å²) >= 11 is 3.19. The van der Waals surface area contributed by atoms with E-state index in [1.54, 1.807) is 6.92 Å². The van der Waals surface area contributed by atoms with E-state index < -0.39 is 27.8 Å². The predicted molar refractivity (Wildman–Crippen MR) is 67.7 cm³/mol. The molecule has 0 spiro atoms. The highest BCUT2D eigenvalue weighted by atomic mass is 79.9. The second-order valence-electron chi connectivity index (χ2n) is 3.50. The summed E-state index contributed by atoms with van der Waals surface area (Å²) in [5.41, 5.74) is 0.261. The van der Waals surface area contributed by atoms with Gasteiger partial charge in [0.25, 0.3) is 0 Å². The summed E-state index contributed by atoms with van der Waals surface area (Å²) in [6.07, 6.45) is 0.261. The van der Waals surface area contributed by atoms with E-state index in [4.69, 9.17) is 5.11 Å². The molecule has 0 amide bonds. The lowest BCUT2D eigenvalue weighted by molar-refractivity contribution is -0.136. The van der Waals surface area contributed by atoms with Crippen LogP contribution in [0.2, 0.25) is 0 Å². The zero-order chi connectivity index (χ0) is 13.0. The Kier molecular flexibility index (Phi) is 5.27. The number of carbonyl (C=O) groups is 1. The molecule has 0 radical (unpaired) electrons. The van der Waals surface area contributed by atoms with Gasteiger partial charge in [0.05, 0.1) is 5.75 Å². The van der Waals surface area contributed by atoms with Gasteiger partial charge in [-0.3, -0.25) is 9.00 Å². The summed E-state index contributed by atoms with van der Waals surface area (Å²) in [5.74, 6) is -1.67. The Bertz CT molecular complexity index is 450. The lowest BCUT2D eigenvalue weighted by atomic mass is 10.2. The molecule has 0 fully saturated rings. The van der Waals surface area contributed by atoms with Crippen LogP contribution in [0, 0.1) is 5.82 Å². The lowest BCUT2D eigenvalue weighted by Crippen LogP contribution is -2.25. The Morgan fingerprint density at radius 2 is 2.24 bits per heavy atom. The quantitative estimate of drug-likeness (QED) is 0.906. The Labute approximate surface area is 110 Å². The van der Waals surface area contributed by atoms with E-state index >= 15 is 0 Å². The molecule has 3 nitrogen and oxygen atoms in total. The van der Waals surface area contributed by atoms with Crippen molar-refractivity contribution in [2.75, 3.05) is 0 Å².